The van der Waals surface area contributed by atoms with Gasteiger partial charge in [-0.25, -0.2) is 0 Å². The van der Waals surface area contributed by atoms with Gasteiger partial charge in [0.2, 0.25) is 0 Å². The van der Waals surface area contributed by atoms with Crippen LogP contribution in [0.15, 0.2) is 13.2 Å². The second-order valence-electron chi connectivity index (χ2n) is 2.09. The van der Waals surface area contributed by atoms with Crippen molar-refractivity contribution >= 4 is 14.3 Å². The topological polar surface area (TPSA) is 0 Å². The zero-order valence-electron chi connectivity index (χ0n) is 7.11. The van der Waals surface area contributed by atoms with Gasteiger partial charge in [-0.2, -0.15) is 0 Å². The molecule has 0 aliphatic rings. The van der Waals surface area contributed by atoms with E-state index in [-0.39, 0.29) is 0 Å². The summed E-state index contributed by atoms with van der Waals surface area (Å²) in [7, 11) is 0. The van der Waals surface area contributed by atoms with Gasteiger partial charge in [-0.05, 0) is 0 Å². The standard InChI is InChI=1S/C6H16Ge.C2H4/c1-4-7(5-2)6-3;1-2/h7H,4-6H2,1-3H3;1-2H2. The molecule has 0 saturated heterocycles. The Morgan fingerprint density at radius 3 is 1.11 bits per heavy atom. The fourth-order valence-electron chi connectivity index (χ4n) is 0.866. The molecule has 0 radical (unpaired) electrons. The molecule has 9 heavy (non-hydrogen) atoms. The Hall–Kier alpha value is 0.283. The van der Waals surface area contributed by atoms with Crippen molar-refractivity contribution in [1.29, 1.82) is 0 Å². The molecule has 0 aromatic heterocycles. The van der Waals surface area contributed by atoms with Crippen molar-refractivity contribution in [3.8, 4) is 0 Å². The van der Waals surface area contributed by atoms with Crippen molar-refractivity contribution in [3.63, 3.8) is 0 Å². The molecule has 0 aliphatic carbocycles. The Kier molecular flexibility index (Phi) is 14.8. The molecule has 0 unspecified atom stereocenters. The Morgan fingerprint density at radius 1 is 0.889 bits per heavy atom. The molecule has 0 rings (SSSR count). The van der Waals surface area contributed by atoms with E-state index < -0.39 is 14.3 Å². The van der Waals surface area contributed by atoms with E-state index >= 15 is 0 Å². The fraction of sp³-hybridized carbons (Fsp3) is 0.750. The Labute approximate surface area is 64.5 Å². The van der Waals surface area contributed by atoms with Gasteiger partial charge in [0, 0.05) is 0 Å². The van der Waals surface area contributed by atoms with Gasteiger partial charge in [0.25, 0.3) is 0 Å². The molecule has 0 bridgehead atoms. The molecule has 56 valence electrons. The van der Waals surface area contributed by atoms with Crippen LogP contribution in [-0.2, 0) is 0 Å². The van der Waals surface area contributed by atoms with Crippen LogP contribution in [0.2, 0.25) is 15.8 Å². The zero-order chi connectivity index (χ0) is 7.70. The summed E-state index contributed by atoms with van der Waals surface area (Å²) in [4.78, 5) is 0. The molecule has 0 heterocycles. The molecule has 0 spiro atoms. The summed E-state index contributed by atoms with van der Waals surface area (Å²) < 4.78 is 0. The molecular weight excluding hydrogens is 169 g/mol. The van der Waals surface area contributed by atoms with Crippen molar-refractivity contribution in [1.82, 2.24) is 0 Å². The molecular formula is C8H20Ge. The molecule has 0 fully saturated rings. The first-order chi connectivity index (χ1) is 4.35. The summed E-state index contributed by atoms with van der Waals surface area (Å²) in [6.07, 6.45) is 0. The van der Waals surface area contributed by atoms with E-state index in [1.165, 1.54) is 0 Å². The first kappa shape index (κ1) is 12.0. The first-order valence-corrected chi connectivity index (χ1v) is 8.99. The monoisotopic (exact) mass is 190 g/mol. The van der Waals surface area contributed by atoms with Gasteiger partial charge in [0.15, 0.2) is 0 Å². The molecule has 1 heteroatoms. The van der Waals surface area contributed by atoms with Gasteiger partial charge in [-0.1, -0.05) is 0 Å². The van der Waals surface area contributed by atoms with Crippen LogP contribution in [0.4, 0.5) is 0 Å². The average Bonchev–Trinajstić information content (AvgIpc) is 1.96. The molecule has 0 atom stereocenters. The van der Waals surface area contributed by atoms with E-state index in [0.29, 0.717) is 0 Å². The number of rotatable bonds is 3. The van der Waals surface area contributed by atoms with Gasteiger partial charge >= 0.3 is 50.9 Å². The van der Waals surface area contributed by atoms with Gasteiger partial charge in [0.1, 0.15) is 0 Å². The van der Waals surface area contributed by atoms with Gasteiger partial charge < -0.3 is 0 Å². The van der Waals surface area contributed by atoms with Crippen molar-refractivity contribution in [2.24, 2.45) is 0 Å². The maximum absolute atomic E-state index is 3.00. The van der Waals surface area contributed by atoms with Crippen molar-refractivity contribution in [3.05, 3.63) is 13.2 Å². The van der Waals surface area contributed by atoms with E-state index in [2.05, 4.69) is 33.9 Å². The second-order valence-corrected chi connectivity index (χ2v) is 10.9. The third kappa shape index (κ3) is 8.28. The van der Waals surface area contributed by atoms with Crippen LogP contribution in [0.1, 0.15) is 20.8 Å². The Morgan fingerprint density at radius 2 is 1.11 bits per heavy atom. The van der Waals surface area contributed by atoms with Gasteiger partial charge in [0.05, 0.1) is 0 Å². The Bertz CT molecular complexity index is 34.3. The predicted molar refractivity (Wildman–Crippen MR) is 49.8 cm³/mol. The van der Waals surface area contributed by atoms with Crippen LogP contribution in [0.3, 0.4) is 0 Å². The minimum atomic E-state index is -0.576. The third-order valence-electron chi connectivity index (χ3n) is 1.73. The summed E-state index contributed by atoms with van der Waals surface area (Å²) in [6, 6.07) is 0. The van der Waals surface area contributed by atoms with E-state index in [9.17, 15) is 0 Å². The Balaban J connectivity index is 0. The van der Waals surface area contributed by atoms with Crippen molar-refractivity contribution in [2.45, 2.75) is 36.5 Å². The molecule has 0 aromatic rings. The van der Waals surface area contributed by atoms with Crippen LogP contribution in [0, 0.1) is 0 Å². The second kappa shape index (κ2) is 11.1. The summed E-state index contributed by atoms with van der Waals surface area (Å²) in [5.41, 5.74) is 0. The van der Waals surface area contributed by atoms with Crippen LogP contribution < -0.4 is 0 Å². The zero-order valence-corrected chi connectivity index (χ0v) is 9.54. The van der Waals surface area contributed by atoms with Crippen molar-refractivity contribution in [2.75, 3.05) is 0 Å². The molecule has 0 N–H and O–H groups in total. The quantitative estimate of drug-likeness (QED) is 0.472. The predicted octanol–water partition coefficient (Wildman–Crippen LogP) is 3.08. The number of hydrogen-bond donors (Lipinski definition) is 0. The van der Waals surface area contributed by atoms with Crippen LogP contribution in [-0.4, -0.2) is 14.3 Å². The molecule has 0 saturated carbocycles. The van der Waals surface area contributed by atoms with Gasteiger partial charge in [-0.15, -0.1) is 13.2 Å². The summed E-state index contributed by atoms with van der Waals surface area (Å²) in [6.45, 7) is 13.0. The first-order valence-electron chi connectivity index (χ1n) is 3.85. The summed E-state index contributed by atoms with van der Waals surface area (Å²) in [5, 5.41) is 4.62. The summed E-state index contributed by atoms with van der Waals surface area (Å²) in [5.74, 6) is 0. The van der Waals surface area contributed by atoms with Crippen molar-refractivity contribution < 1.29 is 0 Å². The van der Waals surface area contributed by atoms with Gasteiger partial charge in [-0.3, -0.25) is 0 Å². The molecule has 0 nitrogen and oxygen atoms in total. The van der Waals surface area contributed by atoms with E-state index in [0.717, 1.165) is 0 Å². The van der Waals surface area contributed by atoms with Crippen LogP contribution in [0.5, 0.6) is 0 Å². The van der Waals surface area contributed by atoms with E-state index in [1.54, 1.807) is 15.8 Å². The number of hydrogen-bond acceptors (Lipinski definition) is 0. The molecule has 0 amide bonds. The van der Waals surface area contributed by atoms with E-state index in [4.69, 9.17) is 0 Å². The van der Waals surface area contributed by atoms with E-state index in [1.807, 2.05) is 0 Å². The normalized spacial score (nSPS) is 8.44. The van der Waals surface area contributed by atoms with Crippen LogP contribution >= 0.6 is 0 Å². The van der Waals surface area contributed by atoms with Crippen LogP contribution in [0.25, 0.3) is 0 Å². The SMILES string of the molecule is C=C.C[CH2][GeH]([CH2]C)[CH2]C. The summed E-state index contributed by atoms with van der Waals surface area (Å²) >= 11 is -0.576. The fourth-order valence-corrected chi connectivity index (χ4v) is 4.50. The molecule has 0 aromatic carbocycles. The third-order valence-corrected chi connectivity index (χ3v) is 9.00. The maximum atomic E-state index is 3.00. The average molecular weight is 189 g/mol. The minimum absolute atomic E-state index is 0.576. The molecule has 0 aliphatic heterocycles.